The molecule has 5 atom stereocenters. The highest BCUT2D eigenvalue weighted by Crippen LogP contribution is 2.31. The molecule has 19 heavy (non-hydrogen) atoms. The molecular weight excluding hydrogens is 248 g/mol. The van der Waals surface area contributed by atoms with Crippen LogP contribution >= 0.6 is 0 Å². The second kappa shape index (κ2) is 6.86. The van der Waals surface area contributed by atoms with Gasteiger partial charge >= 0.3 is 5.97 Å². The summed E-state index contributed by atoms with van der Waals surface area (Å²) in [6.45, 7) is 7.78. The monoisotopic (exact) mass is 272 g/mol. The molecule has 0 aliphatic carbocycles. The van der Waals surface area contributed by atoms with Crippen molar-refractivity contribution in [2.45, 2.75) is 45.9 Å². The van der Waals surface area contributed by atoms with Crippen molar-refractivity contribution < 1.29 is 19.1 Å². The molecule has 1 aliphatic heterocycles. The standard InChI is InChI=1S/C13H24N2O4/c1-5-18-13(17)12-11(15-9(4)16)8(3)7(2)10(6-14)19-12/h7-8,10-12H,5-6,14H2,1-4H3,(H,15,16)/t7-,8-,10+,11?,12?/m0/s1. The van der Waals surface area contributed by atoms with E-state index in [-0.39, 0.29) is 36.5 Å². The fraction of sp³-hybridized carbons (Fsp3) is 0.846. The first-order valence-electron chi connectivity index (χ1n) is 6.71. The Bertz CT molecular complexity index is 335. The van der Waals surface area contributed by atoms with Gasteiger partial charge in [0, 0.05) is 13.5 Å². The first kappa shape index (κ1) is 15.9. The normalized spacial score (nSPS) is 34.7. The molecule has 1 rings (SSSR count). The number of rotatable bonds is 4. The lowest BCUT2D eigenvalue weighted by molar-refractivity contribution is -0.178. The lowest BCUT2D eigenvalue weighted by Gasteiger charge is -2.43. The van der Waals surface area contributed by atoms with Crippen LogP contribution in [0, 0.1) is 11.8 Å². The van der Waals surface area contributed by atoms with Gasteiger partial charge < -0.3 is 20.5 Å². The largest absolute Gasteiger partial charge is 0.464 e. The van der Waals surface area contributed by atoms with Crippen LogP contribution in [0.15, 0.2) is 0 Å². The van der Waals surface area contributed by atoms with Crippen molar-refractivity contribution in [2.24, 2.45) is 17.6 Å². The van der Waals surface area contributed by atoms with Gasteiger partial charge in [-0.25, -0.2) is 4.79 Å². The van der Waals surface area contributed by atoms with Crippen LogP contribution in [0.5, 0.6) is 0 Å². The fourth-order valence-corrected chi connectivity index (χ4v) is 2.48. The van der Waals surface area contributed by atoms with Crippen LogP contribution in [0.4, 0.5) is 0 Å². The average molecular weight is 272 g/mol. The maximum atomic E-state index is 12.0. The van der Waals surface area contributed by atoms with E-state index in [1.807, 2.05) is 13.8 Å². The van der Waals surface area contributed by atoms with E-state index >= 15 is 0 Å². The van der Waals surface area contributed by atoms with E-state index in [4.69, 9.17) is 15.2 Å². The molecule has 0 radical (unpaired) electrons. The number of carbonyl (C=O) groups excluding carboxylic acids is 2. The predicted octanol–water partition coefficient (Wildman–Crippen LogP) is 0.0525. The van der Waals surface area contributed by atoms with E-state index in [9.17, 15) is 9.59 Å². The number of hydrogen-bond acceptors (Lipinski definition) is 5. The molecule has 1 saturated heterocycles. The maximum Gasteiger partial charge on any atom is 0.337 e. The Morgan fingerprint density at radius 2 is 1.95 bits per heavy atom. The van der Waals surface area contributed by atoms with Gasteiger partial charge in [0.25, 0.3) is 0 Å². The minimum absolute atomic E-state index is 0.0839. The lowest BCUT2D eigenvalue weighted by Crippen LogP contribution is -2.60. The Labute approximate surface area is 114 Å². The zero-order valence-corrected chi connectivity index (χ0v) is 12.0. The first-order valence-corrected chi connectivity index (χ1v) is 6.71. The minimum atomic E-state index is -0.788. The van der Waals surface area contributed by atoms with E-state index in [1.54, 1.807) is 6.92 Å². The number of nitrogens with one attached hydrogen (secondary N) is 1. The topological polar surface area (TPSA) is 90.7 Å². The highest BCUT2D eigenvalue weighted by atomic mass is 16.6. The molecule has 1 aliphatic rings. The van der Waals surface area contributed by atoms with Crippen molar-refractivity contribution >= 4 is 11.9 Å². The van der Waals surface area contributed by atoms with E-state index in [1.165, 1.54) is 6.92 Å². The fourth-order valence-electron chi connectivity index (χ4n) is 2.48. The summed E-state index contributed by atoms with van der Waals surface area (Å²) in [7, 11) is 0. The summed E-state index contributed by atoms with van der Waals surface area (Å²) in [6.07, 6.45) is -0.988. The molecule has 2 unspecified atom stereocenters. The number of carbonyl (C=O) groups is 2. The third-order valence-corrected chi connectivity index (χ3v) is 3.75. The van der Waals surface area contributed by atoms with E-state index in [2.05, 4.69) is 5.32 Å². The molecule has 0 spiro atoms. The average Bonchev–Trinajstić information content (AvgIpc) is 2.35. The molecule has 6 heteroatoms. The lowest BCUT2D eigenvalue weighted by atomic mass is 9.79. The van der Waals surface area contributed by atoms with E-state index in [0.29, 0.717) is 6.54 Å². The Morgan fingerprint density at radius 1 is 1.32 bits per heavy atom. The van der Waals surface area contributed by atoms with E-state index < -0.39 is 12.1 Å². The molecule has 0 aromatic heterocycles. The van der Waals surface area contributed by atoms with E-state index in [0.717, 1.165) is 0 Å². The number of hydrogen-bond donors (Lipinski definition) is 2. The first-order chi connectivity index (χ1) is 8.92. The molecule has 0 bridgehead atoms. The number of nitrogens with two attached hydrogens (primary N) is 1. The summed E-state index contributed by atoms with van der Waals surface area (Å²) >= 11 is 0. The molecule has 0 saturated carbocycles. The minimum Gasteiger partial charge on any atom is -0.464 e. The van der Waals surface area contributed by atoms with Crippen LogP contribution in [0.3, 0.4) is 0 Å². The number of ether oxygens (including phenoxy) is 2. The molecule has 110 valence electrons. The van der Waals surface area contributed by atoms with Crippen LogP contribution in [-0.2, 0) is 19.1 Å². The Morgan fingerprint density at radius 3 is 2.42 bits per heavy atom. The second-order valence-electron chi connectivity index (χ2n) is 5.03. The molecular formula is C13H24N2O4. The van der Waals surface area contributed by atoms with Crippen molar-refractivity contribution in [1.29, 1.82) is 0 Å². The quantitative estimate of drug-likeness (QED) is 0.706. The zero-order valence-electron chi connectivity index (χ0n) is 12.0. The van der Waals surface area contributed by atoms with Crippen LogP contribution in [-0.4, -0.2) is 43.3 Å². The number of amides is 1. The third kappa shape index (κ3) is 3.67. The molecule has 1 fully saturated rings. The van der Waals surface area contributed by atoms with Gasteiger partial charge in [0.1, 0.15) is 0 Å². The molecule has 1 heterocycles. The number of esters is 1. The van der Waals surface area contributed by atoms with Gasteiger partial charge in [-0.05, 0) is 18.8 Å². The molecule has 0 aromatic carbocycles. The van der Waals surface area contributed by atoms with Gasteiger partial charge in [-0.15, -0.1) is 0 Å². The van der Waals surface area contributed by atoms with Crippen molar-refractivity contribution in [1.82, 2.24) is 5.32 Å². The Hall–Kier alpha value is -1.14. The summed E-state index contributed by atoms with van der Waals surface area (Å²) in [4.78, 5) is 23.3. The molecule has 6 nitrogen and oxygen atoms in total. The summed E-state index contributed by atoms with van der Waals surface area (Å²) in [5.41, 5.74) is 5.67. The van der Waals surface area contributed by atoms with Crippen molar-refractivity contribution in [3.05, 3.63) is 0 Å². The maximum absolute atomic E-state index is 12.0. The van der Waals surface area contributed by atoms with Gasteiger partial charge in [0.15, 0.2) is 6.10 Å². The zero-order chi connectivity index (χ0) is 14.6. The summed E-state index contributed by atoms with van der Waals surface area (Å²) in [5.74, 6) is -0.389. The predicted molar refractivity (Wildman–Crippen MR) is 70.3 cm³/mol. The van der Waals surface area contributed by atoms with Gasteiger partial charge in [-0.3, -0.25) is 4.79 Å². The Balaban J connectivity index is 2.92. The Kier molecular flexibility index (Phi) is 5.75. The summed E-state index contributed by atoms with van der Waals surface area (Å²) in [6, 6.07) is -0.380. The highest BCUT2D eigenvalue weighted by Gasteiger charge is 2.45. The second-order valence-corrected chi connectivity index (χ2v) is 5.03. The van der Waals surface area contributed by atoms with Crippen LogP contribution in [0.1, 0.15) is 27.7 Å². The third-order valence-electron chi connectivity index (χ3n) is 3.75. The van der Waals surface area contributed by atoms with Gasteiger partial charge in [-0.2, -0.15) is 0 Å². The SMILES string of the molecule is CCOC(=O)C1O[C@H](CN)[C@@H](C)[C@H](C)C1NC(C)=O. The molecule has 1 amide bonds. The smallest absolute Gasteiger partial charge is 0.337 e. The summed E-state index contributed by atoms with van der Waals surface area (Å²) in [5, 5.41) is 2.79. The van der Waals surface area contributed by atoms with Crippen LogP contribution in [0.25, 0.3) is 0 Å². The van der Waals surface area contributed by atoms with Crippen LogP contribution in [0.2, 0.25) is 0 Å². The van der Waals surface area contributed by atoms with Crippen LogP contribution < -0.4 is 11.1 Å². The summed E-state index contributed by atoms with van der Waals surface area (Å²) < 4.78 is 10.7. The van der Waals surface area contributed by atoms with Crippen molar-refractivity contribution in [3.63, 3.8) is 0 Å². The van der Waals surface area contributed by atoms with Gasteiger partial charge in [0.2, 0.25) is 5.91 Å². The van der Waals surface area contributed by atoms with Gasteiger partial charge in [-0.1, -0.05) is 13.8 Å². The highest BCUT2D eigenvalue weighted by molar-refractivity contribution is 5.78. The van der Waals surface area contributed by atoms with Crippen molar-refractivity contribution in [2.75, 3.05) is 13.2 Å². The van der Waals surface area contributed by atoms with Crippen molar-refractivity contribution in [3.8, 4) is 0 Å². The molecule has 3 N–H and O–H groups in total. The molecule has 0 aromatic rings. The van der Waals surface area contributed by atoms with Gasteiger partial charge in [0.05, 0.1) is 18.8 Å².